The Balaban J connectivity index is 2.05. The van der Waals surface area contributed by atoms with Crippen molar-refractivity contribution < 1.29 is 13.9 Å². The summed E-state index contributed by atoms with van der Waals surface area (Å²) >= 11 is 0. The van der Waals surface area contributed by atoms with E-state index in [-0.39, 0.29) is 12.4 Å². The molecule has 0 radical (unpaired) electrons. The van der Waals surface area contributed by atoms with Crippen LogP contribution in [0.25, 0.3) is 0 Å². The van der Waals surface area contributed by atoms with Gasteiger partial charge < -0.3 is 9.15 Å². The average Bonchev–Trinajstić information content (AvgIpc) is 2.98. The number of rotatable bonds is 6. The molecule has 0 aliphatic carbocycles. The fourth-order valence-corrected chi connectivity index (χ4v) is 1.89. The molecule has 19 heavy (non-hydrogen) atoms. The standard InChI is InChI=1S/C16H18O3/c1-3-12(2)13-7-4-5-8-15(13)19-11-14(17)16-9-6-10-18-16/h4-10,12H,3,11H2,1-2H3. The van der Waals surface area contributed by atoms with Crippen LogP contribution in [0.5, 0.6) is 5.75 Å². The first-order chi connectivity index (χ1) is 9.22. The third-order valence-corrected chi connectivity index (χ3v) is 3.22. The summed E-state index contributed by atoms with van der Waals surface area (Å²) in [7, 11) is 0. The van der Waals surface area contributed by atoms with Gasteiger partial charge in [-0.3, -0.25) is 4.79 Å². The molecule has 1 aromatic carbocycles. The molecule has 0 saturated carbocycles. The molecular formula is C16H18O3. The van der Waals surface area contributed by atoms with E-state index in [1.54, 1.807) is 12.1 Å². The van der Waals surface area contributed by atoms with Crippen molar-refractivity contribution in [2.75, 3.05) is 6.61 Å². The molecule has 1 heterocycles. The highest BCUT2D eigenvalue weighted by Crippen LogP contribution is 2.28. The number of Topliss-reactive ketones (excluding diaryl/α,β-unsaturated/α-hetero) is 1. The van der Waals surface area contributed by atoms with E-state index >= 15 is 0 Å². The molecule has 0 aliphatic rings. The van der Waals surface area contributed by atoms with Gasteiger partial charge in [0, 0.05) is 0 Å². The molecule has 3 nitrogen and oxygen atoms in total. The number of hydrogen-bond donors (Lipinski definition) is 0. The largest absolute Gasteiger partial charge is 0.485 e. The molecular weight excluding hydrogens is 240 g/mol. The van der Waals surface area contributed by atoms with Crippen LogP contribution in [0.4, 0.5) is 0 Å². The predicted octanol–water partition coefficient (Wildman–Crippen LogP) is 4.05. The maximum Gasteiger partial charge on any atom is 0.235 e. The van der Waals surface area contributed by atoms with Crippen LogP contribution < -0.4 is 4.74 Å². The van der Waals surface area contributed by atoms with Gasteiger partial charge in [-0.25, -0.2) is 0 Å². The maximum absolute atomic E-state index is 11.8. The second-order valence-corrected chi connectivity index (χ2v) is 4.54. The Labute approximate surface area is 113 Å². The molecule has 0 N–H and O–H groups in total. The van der Waals surface area contributed by atoms with Crippen LogP contribution in [0.1, 0.15) is 42.3 Å². The second kappa shape index (κ2) is 6.23. The van der Waals surface area contributed by atoms with Gasteiger partial charge in [0.15, 0.2) is 12.4 Å². The molecule has 1 aromatic heterocycles. The summed E-state index contributed by atoms with van der Waals surface area (Å²) in [5, 5.41) is 0. The van der Waals surface area contributed by atoms with Gasteiger partial charge in [0.05, 0.1) is 6.26 Å². The molecule has 0 saturated heterocycles. The summed E-state index contributed by atoms with van der Waals surface area (Å²) in [5.41, 5.74) is 1.14. The highest BCUT2D eigenvalue weighted by Gasteiger charge is 2.13. The normalized spacial score (nSPS) is 12.1. The lowest BCUT2D eigenvalue weighted by Crippen LogP contribution is -2.12. The first-order valence-electron chi connectivity index (χ1n) is 6.50. The summed E-state index contributed by atoms with van der Waals surface area (Å²) in [6.07, 6.45) is 2.52. The molecule has 2 aromatic rings. The maximum atomic E-state index is 11.8. The Morgan fingerprint density at radius 2 is 2.05 bits per heavy atom. The Hall–Kier alpha value is -2.03. The number of carbonyl (C=O) groups excluding carboxylic acids is 1. The van der Waals surface area contributed by atoms with Gasteiger partial charge in [-0.05, 0) is 36.1 Å². The number of ketones is 1. The van der Waals surface area contributed by atoms with Crippen molar-refractivity contribution in [3.8, 4) is 5.75 Å². The smallest absolute Gasteiger partial charge is 0.235 e. The molecule has 2 rings (SSSR count). The number of carbonyl (C=O) groups is 1. The van der Waals surface area contributed by atoms with Gasteiger partial charge in [0.25, 0.3) is 0 Å². The van der Waals surface area contributed by atoms with Crippen LogP contribution in [0.15, 0.2) is 47.1 Å². The Morgan fingerprint density at radius 3 is 2.74 bits per heavy atom. The summed E-state index contributed by atoms with van der Waals surface area (Å²) in [6.45, 7) is 4.28. The molecule has 3 heteroatoms. The van der Waals surface area contributed by atoms with E-state index < -0.39 is 0 Å². The Kier molecular flexibility index (Phi) is 4.39. The minimum atomic E-state index is -0.149. The van der Waals surface area contributed by atoms with Crippen LogP contribution in [-0.4, -0.2) is 12.4 Å². The van der Waals surface area contributed by atoms with Gasteiger partial charge >= 0.3 is 0 Å². The quantitative estimate of drug-likeness (QED) is 0.734. The Bertz CT molecular complexity index is 529. The van der Waals surface area contributed by atoms with E-state index in [4.69, 9.17) is 9.15 Å². The van der Waals surface area contributed by atoms with Gasteiger partial charge in [-0.1, -0.05) is 32.0 Å². The number of benzene rings is 1. The van der Waals surface area contributed by atoms with E-state index in [1.165, 1.54) is 6.26 Å². The number of furan rings is 1. The van der Waals surface area contributed by atoms with Gasteiger partial charge in [-0.2, -0.15) is 0 Å². The lowest BCUT2D eigenvalue weighted by Gasteiger charge is -2.14. The van der Waals surface area contributed by atoms with Crippen molar-refractivity contribution >= 4 is 5.78 Å². The first-order valence-corrected chi connectivity index (χ1v) is 6.50. The van der Waals surface area contributed by atoms with E-state index in [9.17, 15) is 4.79 Å². The molecule has 0 bridgehead atoms. The van der Waals surface area contributed by atoms with Crippen LogP contribution in [0.3, 0.4) is 0 Å². The molecule has 0 amide bonds. The third kappa shape index (κ3) is 3.25. The summed E-state index contributed by atoms with van der Waals surface area (Å²) in [5.74, 6) is 1.37. The Morgan fingerprint density at radius 1 is 1.26 bits per heavy atom. The predicted molar refractivity (Wildman–Crippen MR) is 73.7 cm³/mol. The number of hydrogen-bond acceptors (Lipinski definition) is 3. The molecule has 100 valence electrons. The second-order valence-electron chi connectivity index (χ2n) is 4.54. The number of ether oxygens (including phenoxy) is 1. The fourth-order valence-electron chi connectivity index (χ4n) is 1.89. The van der Waals surface area contributed by atoms with Crippen molar-refractivity contribution in [1.82, 2.24) is 0 Å². The van der Waals surface area contributed by atoms with Crippen molar-refractivity contribution in [3.05, 3.63) is 54.0 Å². The zero-order chi connectivity index (χ0) is 13.7. The number of para-hydroxylation sites is 1. The highest BCUT2D eigenvalue weighted by atomic mass is 16.5. The lowest BCUT2D eigenvalue weighted by molar-refractivity contribution is 0.0893. The molecule has 0 fully saturated rings. The minimum Gasteiger partial charge on any atom is -0.485 e. The van der Waals surface area contributed by atoms with Crippen LogP contribution in [0, 0.1) is 0 Å². The van der Waals surface area contributed by atoms with Crippen LogP contribution in [0.2, 0.25) is 0 Å². The minimum absolute atomic E-state index is 0.000953. The van der Waals surface area contributed by atoms with Crippen molar-refractivity contribution in [1.29, 1.82) is 0 Å². The van der Waals surface area contributed by atoms with Crippen molar-refractivity contribution in [2.45, 2.75) is 26.2 Å². The SMILES string of the molecule is CCC(C)c1ccccc1OCC(=O)c1ccco1. The summed E-state index contributed by atoms with van der Waals surface area (Å²) < 4.78 is 10.7. The first kappa shape index (κ1) is 13.4. The molecule has 1 atom stereocenters. The van der Waals surface area contributed by atoms with Gasteiger partial charge in [0.2, 0.25) is 5.78 Å². The van der Waals surface area contributed by atoms with E-state index in [1.807, 2.05) is 24.3 Å². The van der Waals surface area contributed by atoms with Crippen LogP contribution in [-0.2, 0) is 0 Å². The zero-order valence-corrected chi connectivity index (χ0v) is 11.3. The lowest BCUT2D eigenvalue weighted by atomic mass is 9.98. The van der Waals surface area contributed by atoms with Gasteiger partial charge in [-0.15, -0.1) is 0 Å². The summed E-state index contributed by atoms with van der Waals surface area (Å²) in [6, 6.07) is 11.2. The molecule has 0 spiro atoms. The highest BCUT2D eigenvalue weighted by molar-refractivity contribution is 5.94. The van der Waals surface area contributed by atoms with E-state index in [0.717, 1.165) is 17.7 Å². The van der Waals surface area contributed by atoms with Crippen molar-refractivity contribution in [3.63, 3.8) is 0 Å². The average molecular weight is 258 g/mol. The monoisotopic (exact) mass is 258 g/mol. The van der Waals surface area contributed by atoms with Gasteiger partial charge in [0.1, 0.15) is 5.75 Å². The van der Waals surface area contributed by atoms with Crippen LogP contribution >= 0.6 is 0 Å². The van der Waals surface area contributed by atoms with Crippen molar-refractivity contribution in [2.24, 2.45) is 0 Å². The van der Waals surface area contributed by atoms with E-state index in [0.29, 0.717) is 11.7 Å². The summed E-state index contributed by atoms with van der Waals surface area (Å²) in [4.78, 5) is 11.8. The third-order valence-electron chi connectivity index (χ3n) is 3.22. The molecule has 1 unspecified atom stereocenters. The van der Waals surface area contributed by atoms with E-state index in [2.05, 4.69) is 13.8 Å². The fraction of sp³-hybridized carbons (Fsp3) is 0.312. The molecule has 0 aliphatic heterocycles. The topological polar surface area (TPSA) is 39.4 Å². The zero-order valence-electron chi connectivity index (χ0n) is 11.3.